The lowest BCUT2D eigenvalue weighted by Gasteiger charge is -2.38. The van der Waals surface area contributed by atoms with Crippen LogP contribution in [0.25, 0.3) is 0 Å². The van der Waals surface area contributed by atoms with Gasteiger partial charge in [0, 0.05) is 32.4 Å². The fourth-order valence-electron chi connectivity index (χ4n) is 2.16. The van der Waals surface area contributed by atoms with Gasteiger partial charge in [0.15, 0.2) is 0 Å². The normalized spacial score (nSPS) is 31.8. The molecule has 4 heteroatoms. The number of imidazole rings is 1. The summed E-state index contributed by atoms with van der Waals surface area (Å²) in [6, 6.07) is 0. The summed E-state index contributed by atoms with van der Waals surface area (Å²) in [5.41, 5.74) is -0.593. The van der Waals surface area contributed by atoms with Crippen LogP contribution in [0.2, 0.25) is 0 Å². The van der Waals surface area contributed by atoms with E-state index in [-0.39, 0.29) is 5.92 Å². The Morgan fingerprint density at radius 1 is 1.73 bits per heavy atom. The standard InChI is InChI=1S/C11H19N3O/c1-9-8-12-4-3-11(9,15)7-10-13-5-6-14(10)2/h5-6,9,12,15H,3-4,7-8H2,1-2H3. The number of nitrogens with zero attached hydrogens (tertiary/aromatic N) is 2. The van der Waals surface area contributed by atoms with Crippen LogP contribution in [-0.2, 0) is 13.5 Å². The van der Waals surface area contributed by atoms with E-state index in [9.17, 15) is 5.11 Å². The van der Waals surface area contributed by atoms with Gasteiger partial charge in [-0.05, 0) is 18.9 Å². The lowest BCUT2D eigenvalue weighted by Crippen LogP contribution is -2.50. The third-order valence-corrected chi connectivity index (χ3v) is 3.49. The van der Waals surface area contributed by atoms with E-state index in [2.05, 4.69) is 17.2 Å². The molecule has 4 nitrogen and oxygen atoms in total. The van der Waals surface area contributed by atoms with Crippen LogP contribution in [0.15, 0.2) is 12.4 Å². The van der Waals surface area contributed by atoms with Crippen molar-refractivity contribution in [1.82, 2.24) is 14.9 Å². The minimum Gasteiger partial charge on any atom is -0.389 e. The van der Waals surface area contributed by atoms with E-state index in [1.54, 1.807) is 6.20 Å². The van der Waals surface area contributed by atoms with Gasteiger partial charge in [-0.2, -0.15) is 0 Å². The van der Waals surface area contributed by atoms with Crippen LogP contribution >= 0.6 is 0 Å². The monoisotopic (exact) mass is 209 g/mol. The fraction of sp³-hybridized carbons (Fsp3) is 0.727. The van der Waals surface area contributed by atoms with E-state index < -0.39 is 5.60 Å². The smallest absolute Gasteiger partial charge is 0.111 e. The van der Waals surface area contributed by atoms with Crippen LogP contribution in [0.5, 0.6) is 0 Å². The average Bonchev–Trinajstić information content (AvgIpc) is 2.58. The van der Waals surface area contributed by atoms with E-state index in [0.29, 0.717) is 6.42 Å². The van der Waals surface area contributed by atoms with Gasteiger partial charge in [0.1, 0.15) is 5.82 Å². The molecule has 1 aromatic heterocycles. The predicted octanol–water partition coefficient (Wildman–Crippen LogP) is 0.323. The zero-order valence-corrected chi connectivity index (χ0v) is 9.40. The van der Waals surface area contributed by atoms with Gasteiger partial charge in [0.05, 0.1) is 5.60 Å². The van der Waals surface area contributed by atoms with Crippen LogP contribution in [-0.4, -0.2) is 33.3 Å². The number of rotatable bonds is 2. The molecule has 2 N–H and O–H groups in total. The summed E-state index contributed by atoms with van der Waals surface area (Å²) >= 11 is 0. The maximum absolute atomic E-state index is 10.5. The predicted molar refractivity (Wildman–Crippen MR) is 58.5 cm³/mol. The number of aryl methyl sites for hydroxylation is 1. The van der Waals surface area contributed by atoms with E-state index >= 15 is 0 Å². The summed E-state index contributed by atoms with van der Waals surface area (Å²) in [5.74, 6) is 1.24. The highest BCUT2D eigenvalue weighted by molar-refractivity contribution is 5.01. The van der Waals surface area contributed by atoms with Gasteiger partial charge in [-0.1, -0.05) is 6.92 Å². The Bertz CT molecular complexity index is 336. The number of hydrogen-bond donors (Lipinski definition) is 2. The summed E-state index contributed by atoms with van der Waals surface area (Å²) in [5, 5.41) is 13.8. The van der Waals surface area contributed by atoms with Gasteiger partial charge in [-0.25, -0.2) is 4.98 Å². The maximum atomic E-state index is 10.5. The molecule has 0 bridgehead atoms. The Labute approximate surface area is 90.3 Å². The zero-order valence-electron chi connectivity index (χ0n) is 9.40. The Morgan fingerprint density at radius 2 is 2.53 bits per heavy atom. The molecule has 1 saturated heterocycles. The van der Waals surface area contributed by atoms with Gasteiger partial charge in [0.25, 0.3) is 0 Å². The molecule has 1 aliphatic heterocycles. The molecule has 1 aromatic rings. The third kappa shape index (κ3) is 2.06. The molecule has 2 atom stereocenters. The highest BCUT2D eigenvalue weighted by atomic mass is 16.3. The second-order valence-corrected chi connectivity index (χ2v) is 4.59. The van der Waals surface area contributed by atoms with Gasteiger partial charge >= 0.3 is 0 Å². The van der Waals surface area contributed by atoms with Crippen LogP contribution in [0.1, 0.15) is 19.2 Å². The van der Waals surface area contributed by atoms with Crippen LogP contribution in [0.4, 0.5) is 0 Å². The molecule has 0 amide bonds. The molecule has 2 unspecified atom stereocenters. The number of aromatic nitrogens is 2. The Hall–Kier alpha value is -0.870. The quantitative estimate of drug-likeness (QED) is 0.737. The molecule has 0 aromatic carbocycles. The molecule has 0 radical (unpaired) electrons. The molecule has 2 heterocycles. The summed E-state index contributed by atoms with van der Waals surface area (Å²) in [6.07, 6.45) is 5.16. The number of nitrogens with one attached hydrogen (secondary N) is 1. The largest absolute Gasteiger partial charge is 0.389 e. The molecule has 15 heavy (non-hydrogen) atoms. The lowest BCUT2D eigenvalue weighted by atomic mass is 9.80. The van der Waals surface area contributed by atoms with Crippen molar-refractivity contribution < 1.29 is 5.11 Å². The lowest BCUT2D eigenvalue weighted by molar-refractivity contribution is -0.0349. The van der Waals surface area contributed by atoms with Crippen molar-refractivity contribution in [3.8, 4) is 0 Å². The zero-order chi connectivity index (χ0) is 10.9. The molecule has 84 valence electrons. The second kappa shape index (κ2) is 3.94. The van der Waals surface area contributed by atoms with Gasteiger partial charge in [0.2, 0.25) is 0 Å². The Balaban J connectivity index is 2.12. The summed E-state index contributed by atoms with van der Waals surface area (Å²) in [6.45, 7) is 3.88. The first-order valence-electron chi connectivity index (χ1n) is 5.51. The van der Waals surface area contributed by atoms with Crippen molar-refractivity contribution in [3.05, 3.63) is 18.2 Å². The van der Waals surface area contributed by atoms with Crippen molar-refractivity contribution >= 4 is 0 Å². The first-order valence-corrected chi connectivity index (χ1v) is 5.51. The molecule has 2 rings (SSSR count). The molecule has 1 aliphatic rings. The van der Waals surface area contributed by atoms with Gasteiger partial charge in [-0.15, -0.1) is 0 Å². The topological polar surface area (TPSA) is 50.1 Å². The molecule has 1 fully saturated rings. The van der Waals surface area contributed by atoms with E-state index in [4.69, 9.17) is 0 Å². The fourth-order valence-corrected chi connectivity index (χ4v) is 2.16. The van der Waals surface area contributed by atoms with Gasteiger partial charge in [-0.3, -0.25) is 0 Å². The van der Waals surface area contributed by atoms with Gasteiger partial charge < -0.3 is 15.0 Å². The molecular formula is C11H19N3O. The summed E-state index contributed by atoms with van der Waals surface area (Å²) < 4.78 is 1.98. The summed E-state index contributed by atoms with van der Waals surface area (Å²) in [7, 11) is 1.97. The number of hydrogen-bond acceptors (Lipinski definition) is 3. The summed E-state index contributed by atoms with van der Waals surface area (Å²) in [4.78, 5) is 4.27. The van der Waals surface area contributed by atoms with Crippen molar-refractivity contribution in [1.29, 1.82) is 0 Å². The average molecular weight is 209 g/mol. The highest BCUT2D eigenvalue weighted by Crippen LogP contribution is 2.27. The highest BCUT2D eigenvalue weighted by Gasteiger charge is 2.36. The minimum absolute atomic E-state index is 0.281. The Kier molecular flexibility index (Phi) is 2.80. The molecule has 0 saturated carbocycles. The van der Waals surface area contributed by atoms with Crippen LogP contribution in [0, 0.1) is 5.92 Å². The van der Waals surface area contributed by atoms with Crippen molar-refractivity contribution in [2.24, 2.45) is 13.0 Å². The van der Waals surface area contributed by atoms with Crippen molar-refractivity contribution in [2.75, 3.05) is 13.1 Å². The first kappa shape index (κ1) is 10.6. The van der Waals surface area contributed by atoms with E-state index in [1.807, 2.05) is 17.8 Å². The molecule has 0 aliphatic carbocycles. The molecular weight excluding hydrogens is 190 g/mol. The Morgan fingerprint density at radius 3 is 3.13 bits per heavy atom. The first-order chi connectivity index (χ1) is 7.12. The molecule has 0 spiro atoms. The van der Waals surface area contributed by atoms with Crippen LogP contribution in [0.3, 0.4) is 0 Å². The number of piperidine rings is 1. The van der Waals surface area contributed by atoms with Crippen LogP contribution < -0.4 is 5.32 Å². The van der Waals surface area contributed by atoms with Crippen molar-refractivity contribution in [2.45, 2.75) is 25.4 Å². The maximum Gasteiger partial charge on any atom is 0.111 e. The van der Waals surface area contributed by atoms with E-state index in [1.165, 1.54) is 0 Å². The number of aliphatic hydroxyl groups is 1. The van der Waals surface area contributed by atoms with Crippen molar-refractivity contribution in [3.63, 3.8) is 0 Å². The third-order valence-electron chi connectivity index (χ3n) is 3.49. The second-order valence-electron chi connectivity index (χ2n) is 4.59. The minimum atomic E-state index is -0.593. The SMILES string of the molecule is CC1CNCCC1(O)Cc1nccn1C. The van der Waals surface area contributed by atoms with E-state index in [0.717, 1.165) is 25.3 Å².